The quantitative estimate of drug-likeness (QED) is 0.601. The Bertz CT molecular complexity index is 1200. The Kier molecular flexibility index (Phi) is 4.18. The summed E-state index contributed by atoms with van der Waals surface area (Å²) in [5.74, 6) is 0.579. The van der Waals surface area contributed by atoms with E-state index in [4.69, 9.17) is 4.98 Å². The van der Waals surface area contributed by atoms with Gasteiger partial charge in [0.15, 0.2) is 0 Å². The molecule has 0 bridgehead atoms. The van der Waals surface area contributed by atoms with Gasteiger partial charge in [0.2, 0.25) is 0 Å². The molecule has 0 amide bonds. The van der Waals surface area contributed by atoms with Crippen molar-refractivity contribution in [2.75, 3.05) is 6.54 Å². The van der Waals surface area contributed by atoms with Crippen LogP contribution in [-0.2, 0) is 19.5 Å². The highest BCUT2D eigenvalue weighted by molar-refractivity contribution is 5.78. The summed E-state index contributed by atoms with van der Waals surface area (Å²) in [4.78, 5) is 31.0. The van der Waals surface area contributed by atoms with Gasteiger partial charge in [0.1, 0.15) is 5.82 Å². The van der Waals surface area contributed by atoms with Crippen LogP contribution < -0.4 is 5.56 Å². The number of pyridine rings is 2. The lowest BCUT2D eigenvalue weighted by molar-refractivity contribution is 0.240. The second kappa shape index (κ2) is 6.98. The molecule has 0 saturated carbocycles. The molecule has 0 aliphatic carbocycles. The molecular weight excluding hydrogens is 350 g/mol. The standard InChI is InChI=1S/C22H19N5O/c28-22-18-7-10-27(13-15-5-6-19-16(11-15)3-2-9-24-19)14-20(18)25-21(26-22)17-4-1-8-23-12-17/h1-6,8-9,11-12H,7,10,13-14H2,(H,25,26,28). The number of nitrogens with one attached hydrogen (secondary N) is 1. The predicted molar refractivity (Wildman–Crippen MR) is 108 cm³/mol. The Morgan fingerprint density at radius 3 is 2.93 bits per heavy atom. The molecular formula is C22H19N5O. The van der Waals surface area contributed by atoms with Gasteiger partial charge in [-0.15, -0.1) is 0 Å². The van der Waals surface area contributed by atoms with Gasteiger partial charge < -0.3 is 4.98 Å². The summed E-state index contributed by atoms with van der Waals surface area (Å²) in [6.45, 7) is 2.33. The summed E-state index contributed by atoms with van der Waals surface area (Å²) >= 11 is 0. The molecule has 4 aromatic rings. The van der Waals surface area contributed by atoms with E-state index in [-0.39, 0.29) is 5.56 Å². The van der Waals surface area contributed by atoms with E-state index in [1.165, 1.54) is 5.56 Å². The van der Waals surface area contributed by atoms with Crippen LogP contribution in [0, 0.1) is 0 Å². The molecule has 28 heavy (non-hydrogen) atoms. The molecule has 0 fully saturated rings. The molecule has 138 valence electrons. The molecule has 4 heterocycles. The fourth-order valence-corrected chi connectivity index (χ4v) is 3.75. The number of fused-ring (bicyclic) bond motifs is 2. The van der Waals surface area contributed by atoms with Crippen LogP contribution in [0.15, 0.2) is 65.8 Å². The van der Waals surface area contributed by atoms with Crippen molar-refractivity contribution in [1.29, 1.82) is 0 Å². The Morgan fingerprint density at radius 2 is 2.04 bits per heavy atom. The van der Waals surface area contributed by atoms with Crippen molar-refractivity contribution in [1.82, 2.24) is 24.8 Å². The lowest BCUT2D eigenvalue weighted by Crippen LogP contribution is -2.35. The minimum Gasteiger partial charge on any atom is -0.306 e. The summed E-state index contributed by atoms with van der Waals surface area (Å²) in [5, 5.41) is 1.14. The number of rotatable bonds is 3. The third-order valence-corrected chi connectivity index (χ3v) is 5.16. The maximum absolute atomic E-state index is 12.5. The van der Waals surface area contributed by atoms with Crippen molar-refractivity contribution in [2.24, 2.45) is 0 Å². The molecule has 0 radical (unpaired) electrons. The van der Waals surface area contributed by atoms with Gasteiger partial charge in [-0.05, 0) is 42.3 Å². The van der Waals surface area contributed by atoms with Crippen LogP contribution in [0.5, 0.6) is 0 Å². The first-order valence-electron chi connectivity index (χ1n) is 9.35. The number of hydrogen-bond acceptors (Lipinski definition) is 5. The van der Waals surface area contributed by atoms with Crippen LogP contribution in [0.4, 0.5) is 0 Å². The third kappa shape index (κ3) is 3.18. The highest BCUT2D eigenvalue weighted by Crippen LogP contribution is 2.21. The molecule has 6 heteroatoms. The van der Waals surface area contributed by atoms with Gasteiger partial charge in [0, 0.05) is 54.7 Å². The summed E-state index contributed by atoms with van der Waals surface area (Å²) < 4.78 is 0. The number of H-pyrrole nitrogens is 1. The SMILES string of the molecule is O=c1[nH]c(-c2cccnc2)nc2c1CCN(Cc1ccc3ncccc3c1)C2. The highest BCUT2D eigenvalue weighted by Gasteiger charge is 2.21. The second-order valence-electron chi connectivity index (χ2n) is 7.07. The van der Waals surface area contributed by atoms with Crippen molar-refractivity contribution in [3.05, 3.63) is 88.2 Å². The fourth-order valence-electron chi connectivity index (χ4n) is 3.75. The number of aromatic amines is 1. The molecule has 6 nitrogen and oxygen atoms in total. The monoisotopic (exact) mass is 369 g/mol. The van der Waals surface area contributed by atoms with Gasteiger partial charge in [0.05, 0.1) is 11.2 Å². The van der Waals surface area contributed by atoms with Crippen LogP contribution in [-0.4, -0.2) is 31.4 Å². The normalized spacial score (nSPS) is 14.1. The Hall–Kier alpha value is -3.38. The molecule has 0 unspecified atom stereocenters. The van der Waals surface area contributed by atoms with Crippen molar-refractivity contribution in [3.8, 4) is 11.4 Å². The summed E-state index contributed by atoms with van der Waals surface area (Å²) in [6.07, 6.45) is 5.95. The van der Waals surface area contributed by atoms with Crippen LogP contribution in [0.3, 0.4) is 0 Å². The average molecular weight is 369 g/mol. The van der Waals surface area contributed by atoms with Gasteiger partial charge in [-0.3, -0.25) is 19.7 Å². The van der Waals surface area contributed by atoms with Crippen molar-refractivity contribution in [2.45, 2.75) is 19.5 Å². The maximum Gasteiger partial charge on any atom is 0.254 e. The minimum absolute atomic E-state index is 0.0414. The van der Waals surface area contributed by atoms with Gasteiger partial charge in [0.25, 0.3) is 5.56 Å². The van der Waals surface area contributed by atoms with E-state index in [1.54, 1.807) is 12.4 Å². The summed E-state index contributed by atoms with van der Waals surface area (Å²) in [7, 11) is 0. The van der Waals surface area contributed by atoms with Gasteiger partial charge >= 0.3 is 0 Å². The zero-order valence-corrected chi connectivity index (χ0v) is 15.3. The lowest BCUT2D eigenvalue weighted by Gasteiger charge is -2.27. The topological polar surface area (TPSA) is 74.8 Å². The van der Waals surface area contributed by atoms with Gasteiger partial charge in [-0.1, -0.05) is 12.1 Å². The maximum atomic E-state index is 12.5. The van der Waals surface area contributed by atoms with Crippen molar-refractivity contribution < 1.29 is 0 Å². The first-order valence-corrected chi connectivity index (χ1v) is 9.35. The smallest absolute Gasteiger partial charge is 0.254 e. The van der Waals surface area contributed by atoms with Gasteiger partial charge in [-0.2, -0.15) is 0 Å². The van der Waals surface area contributed by atoms with Crippen molar-refractivity contribution in [3.63, 3.8) is 0 Å². The van der Waals surface area contributed by atoms with Crippen LogP contribution >= 0.6 is 0 Å². The van der Waals surface area contributed by atoms with Crippen LogP contribution in [0.1, 0.15) is 16.8 Å². The molecule has 1 aliphatic rings. The zero-order chi connectivity index (χ0) is 18.9. The molecule has 1 aliphatic heterocycles. The Labute approximate surface area is 161 Å². The molecule has 5 rings (SSSR count). The van der Waals surface area contributed by atoms with E-state index in [1.807, 2.05) is 24.4 Å². The molecule has 1 N–H and O–H groups in total. The van der Waals surface area contributed by atoms with E-state index >= 15 is 0 Å². The van der Waals surface area contributed by atoms with Gasteiger partial charge in [-0.25, -0.2) is 4.98 Å². The minimum atomic E-state index is -0.0414. The zero-order valence-electron chi connectivity index (χ0n) is 15.3. The average Bonchev–Trinajstić information content (AvgIpc) is 2.74. The molecule has 0 saturated heterocycles. The van der Waals surface area contributed by atoms with Crippen LogP contribution in [0.25, 0.3) is 22.3 Å². The highest BCUT2D eigenvalue weighted by atomic mass is 16.1. The third-order valence-electron chi connectivity index (χ3n) is 5.16. The fraction of sp³-hybridized carbons (Fsp3) is 0.182. The van der Waals surface area contributed by atoms with E-state index in [0.29, 0.717) is 18.8 Å². The Balaban J connectivity index is 1.42. The molecule has 0 spiro atoms. The predicted octanol–water partition coefficient (Wildman–Crippen LogP) is 2.94. The van der Waals surface area contributed by atoms with E-state index < -0.39 is 0 Å². The Morgan fingerprint density at radius 1 is 1.11 bits per heavy atom. The number of nitrogens with zero attached hydrogens (tertiary/aromatic N) is 4. The lowest BCUT2D eigenvalue weighted by atomic mass is 10.0. The number of hydrogen-bond donors (Lipinski definition) is 1. The van der Waals surface area contributed by atoms with E-state index in [9.17, 15) is 4.79 Å². The van der Waals surface area contributed by atoms with Crippen LogP contribution in [0.2, 0.25) is 0 Å². The molecule has 1 aromatic carbocycles. The number of benzene rings is 1. The van der Waals surface area contributed by atoms with E-state index in [2.05, 4.69) is 44.1 Å². The van der Waals surface area contributed by atoms with Crippen molar-refractivity contribution >= 4 is 10.9 Å². The number of aromatic nitrogens is 4. The first-order chi connectivity index (χ1) is 13.8. The largest absolute Gasteiger partial charge is 0.306 e. The summed E-state index contributed by atoms with van der Waals surface area (Å²) in [6, 6.07) is 14.2. The first kappa shape index (κ1) is 16.8. The second-order valence-corrected chi connectivity index (χ2v) is 7.07. The molecule has 3 aromatic heterocycles. The summed E-state index contributed by atoms with van der Waals surface area (Å²) in [5.41, 5.74) is 4.68. The van der Waals surface area contributed by atoms with E-state index in [0.717, 1.165) is 40.8 Å². The molecule has 0 atom stereocenters.